The van der Waals surface area contributed by atoms with Gasteiger partial charge < -0.3 is 14.2 Å². The summed E-state index contributed by atoms with van der Waals surface area (Å²) in [6.45, 7) is 2.63. The van der Waals surface area contributed by atoms with Crippen molar-refractivity contribution >= 4 is 5.91 Å². The average Bonchev–Trinajstić information content (AvgIpc) is 3.46. The van der Waals surface area contributed by atoms with Crippen molar-refractivity contribution in [1.29, 1.82) is 0 Å². The number of aromatic nitrogens is 1. The Bertz CT molecular complexity index is 883. The molecule has 29 heavy (non-hydrogen) atoms. The van der Waals surface area contributed by atoms with Gasteiger partial charge in [0.05, 0.1) is 18.5 Å². The molecule has 6 heteroatoms. The number of nitrogens with zero attached hydrogens (tertiary/aromatic N) is 2. The van der Waals surface area contributed by atoms with E-state index in [9.17, 15) is 4.79 Å². The van der Waals surface area contributed by atoms with Crippen LogP contribution in [0.5, 0.6) is 0 Å². The lowest BCUT2D eigenvalue weighted by Crippen LogP contribution is -2.40. The summed E-state index contributed by atoms with van der Waals surface area (Å²) >= 11 is 0. The molecule has 1 fully saturated rings. The molecule has 6 nitrogen and oxygen atoms in total. The Balaban J connectivity index is 1.29. The predicted molar refractivity (Wildman–Crippen MR) is 110 cm³/mol. The number of nitrogens with one attached hydrogen (secondary N) is 1. The molecule has 1 amide bonds. The van der Waals surface area contributed by atoms with E-state index in [1.165, 1.54) is 19.3 Å². The smallest absolute Gasteiger partial charge is 0.220 e. The third kappa shape index (κ3) is 5.15. The zero-order chi connectivity index (χ0) is 19.9. The van der Waals surface area contributed by atoms with Gasteiger partial charge in [-0.2, -0.15) is 0 Å². The number of benzene rings is 1. The van der Waals surface area contributed by atoms with E-state index in [0.29, 0.717) is 25.3 Å². The quantitative estimate of drug-likeness (QED) is 0.621. The second-order valence-electron chi connectivity index (χ2n) is 7.42. The van der Waals surface area contributed by atoms with Gasteiger partial charge in [0.15, 0.2) is 11.7 Å². The van der Waals surface area contributed by atoms with Crippen LogP contribution in [0.4, 0.5) is 0 Å². The number of amides is 1. The molecule has 1 unspecified atom stereocenters. The number of hydrogen-bond donors (Lipinski definition) is 1. The van der Waals surface area contributed by atoms with Gasteiger partial charge in [-0.3, -0.25) is 9.69 Å². The largest absolute Gasteiger partial charge is 0.468 e. The third-order valence-corrected chi connectivity index (χ3v) is 5.37. The lowest BCUT2D eigenvalue weighted by Gasteiger charge is -2.33. The molecule has 1 aliphatic rings. The maximum Gasteiger partial charge on any atom is 0.220 e. The first-order valence-corrected chi connectivity index (χ1v) is 10.3. The number of oxazole rings is 1. The summed E-state index contributed by atoms with van der Waals surface area (Å²) in [5, 5.41) is 3.07. The highest BCUT2D eigenvalue weighted by Gasteiger charge is 2.24. The van der Waals surface area contributed by atoms with Crippen LogP contribution in [-0.2, 0) is 11.2 Å². The third-order valence-electron chi connectivity index (χ3n) is 5.37. The molecule has 0 saturated carbocycles. The second-order valence-corrected chi connectivity index (χ2v) is 7.42. The van der Waals surface area contributed by atoms with Crippen LogP contribution in [0, 0.1) is 0 Å². The topological polar surface area (TPSA) is 71.5 Å². The molecule has 3 heterocycles. The lowest BCUT2D eigenvalue weighted by molar-refractivity contribution is -0.121. The average molecular weight is 393 g/mol. The number of furan rings is 1. The number of hydrogen-bond acceptors (Lipinski definition) is 5. The van der Waals surface area contributed by atoms with Crippen molar-refractivity contribution in [3.63, 3.8) is 0 Å². The SMILES string of the molecule is O=C(CCc1ncc(-c2ccccc2)o1)NCC(c1ccco1)N1CCCCC1. The minimum absolute atomic E-state index is 0.00183. The summed E-state index contributed by atoms with van der Waals surface area (Å²) < 4.78 is 11.4. The van der Waals surface area contributed by atoms with Crippen molar-refractivity contribution < 1.29 is 13.6 Å². The molecule has 152 valence electrons. The van der Waals surface area contributed by atoms with Gasteiger partial charge in [0.25, 0.3) is 0 Å². The van der Waals surface area contributed by atoms with Crippen LogP contribution in [0.15, 0.2) is 63.8 Å². The van der Waals surface area contributed by atoms with E-state index in [0.717, 1.165) is 30.2 Å². The summed E-state index contributed by atoms with van der Waals surface area (Å²) in [7, 11) is 0. The van der Waals surface area contributed by atoms with E-state index in [1.807, 2.05) is 42.5 Å². The molecule has 0 radical (unpaired) electrons. The van der Waals surface area contributed by atoms with Crippen LogP contribution in [0.3, 0.4) is 0 Å². The van der Waals surface area contributed by atoms with Crippen molar-refractivity contribution in [3.05, 3.63) is 66.6 Å². The number of aryl methyl sites for hydroxylation is 1. The summed E-state index contributed by atoms with van der Waals surface area (Å²) in [6.07, 6.45) is 7.90. The van der Waals surface area contributed by atoms with Gasteiger partial charge in [-0.25, -0.2) is 4.98 Å². The molecule has 1 aliphatic heterocycles. The van der Waals surface area contributed by atoms with E-state index in [-0.39, 0.29) is 11.9 Å². The fourth-order valence-corrected chi connectivity index (χ4v) is 3.80. The molecule has 0 bridgehead atoms. The van der Waals surface area contributed by atoms with Crippen LogP contribution < -0.4 is 5.32 Å². The Labute approximate surface area is 170 Å². The van der Waals surface area contributed by atoms with Gasteiger partial charge in [0.2, 0.25) is 5.91 Å². The van der Waals surface area contributed by atoms with Crippen molar-refractivity contribution in [1.82, 2.24) is 15.2 Å². The standard InChI is InChI=1S/C23H27N3O3/c27-22(11-12-23-25-17-21(29-23)18-8-3-1-4-9-18)24-16-19(20-10-7-15-28-20)26-13-5-2-6-14-26/h1,3-4,7-10,15,17,19H,2,5-6,11-14,16H2,(H,24,27). The Morgan fingerprint density at radius 1 is 1.10 bits per heavy atom. The van der Waals surface area contributed by atoms with Gasteiger partial charge >= 0.3 is 0 Å². The fourth-order valence-electron chi connectivity index (χ4n) is 3.80. The number of piperidine rings is 1. The lowest BCUT2D eigenvalue weighted by atomic mass is 10.1. The summed E-state index contributed by atoms with van der Waals surface area (Å²) in [5.41, 5.74) is 0.985. The van der Waals surface area contributed by atoms with Gasteiger partial charge in [-0.15, -0.1) is 0 Å². The summed E-state index contributed by atoms with van der Waals surface area (Å²) in [6, 6.07) is 13.8. The molecule has 1 N–H and O–H groups in total. The summed E-state index contributed by atoms with van der Waals surface area (Å²) in [5.74, 6) is 2.21. The van der Waals surface area contributed by atoms with E-state index in [2.05, 4.69) is 15.2 Å². The first-order chi connectivity index (χ1) is 14.3. The minimum atomic E-state index is -0.00183. The highest BCUT2D eigenvalue weighted by Crippen LogP contribution is 2.24. The van der Waals surface area contributed by atoms with Crippen molar-refractivity contribution in [2.45, 2.75) is 38.1 Å². The van der Waals surface area contributed by atoms with Crippen LogP contribution in [0.1, 0.15) is 43.4 Å². The summed E-state index contributed by atoms with van der Waals surface area (Å²) in [4.78, 5) is 19.1. The minimum Gasteiger partial charge on any atom is -0.468 e. The number of rotatable bonds is 8. The number of likely N-dealkylation sites (tertiary alicyclic amines) is 1. The highest BCUT2D eigenvalue weighted by molar-refractivity contribution is 5.76. The molecule has 4 rings (SSSR count). The van der Waals surface area contributed by atoms with Gasteiger partial charge in [-0.1, -0.05) is 36.8 Å². The Morgan fingerprint density at radius 2 is 1.93 bits per heavy atom. The maximum atomic E-state index is 12.4. The van der Waals surface area contributed by atoms with E-state index < -0.39 is 0 Å². The normalized spacial score (nSPS) is 15.9. The molecule has 0 aliphatic carbocycles. The first kappa shape index (κ1) is 19.5. The highest BCUT2D eigenvalue weighted by atomic mass is 16.4. The monoisotopic (exact) mass is 393 g/mol. The molecule has 1 aromatic carbocycles. The predicted octanol–water partition coefficient (Wildman–Crippen LogP) is 4.21. The van der Waals surface area contributed by atoms with Crippen LogP contribution >= 0.6 is 0 Å². The van der Waals surface area contributed by atoms with Crippen molar-refractivity contribution in [2.24, 2.45) is 0 Å². The van der Waals surface area contributed by atoms with Gasteiger partial charge in [0, 0.05) is 24.9 Å². The Morgan fingerprint density at radius 3 is 2.69 bits per heavy atom. The van der Waals surface area contributed by atoms with Gasteiger partial charge in [0.1, 0.15) is 5.76 Å². The van der Waals surface area contributed by atoms with E-state index in [4.69, 9.17) is 8.83 Å². The number of carbonyl (C=O) groups is 1. The van der Waals surface area contributed by atoms with Crippen LogP contribution in [0.2, 0.25) is 0 Å². The fraction of sp³-hybridized carbons (Fsp3) is 0.391. The zero-order valence-corrected chi connectivity index (χ0v) is 16.5. The van der Waals surface area contributed by atoms with Crippen LogP contribution in [-0.4, -0.2) is 35.4 Å². The van der Waals surface area contributed by atoms with Crippen molar-refractivity contribution in [3.8, 4) is 11.3 Å². The van der Waals surface area contributed by atoms with Gasteiger partial charge in [-0.05, 0) is 38.1 Å². The van der Waals surface area contributed by atoms with E-state index >= 15 is 0 Å². The molecule has 0 spiro atoms. The maximum absolute atomic E-state index is 12.4. The van der Waals surface area contributed by atoms with Crippen molar-refractivity contribution in [2.75, 3.05) is 19.6 Å². The zero-order valence-electron chi connectivity index (χ0n) is 16.5. The Kier molecular flexibility index (Phi) is 6.42. The molecule has 1 atom stereocenters. The molecular weight excluding hydrogens is 366 g/mol. The molecule has 1 saturated heterocycles. The first-order valence-electron chi connectivity index (χ1n) is 10.3. The molecule has 3 aromatic rings. The molecule has 2 aromatic heterocycles. The second kappa shape index (κ2) is 9.56. The Hall–Kier alpha value is -2.86. The molecular formula is C23H27N3O3. The number of carbonyl (C=O) groups excluding carboxylic acids is 1. The van der Waals surface area contributed by atoms with E-state index in [1.54, 1.807) is 12.5 Å². The van der Waals surface area contributed by atoms with Crippen LogP contribution in [0.25, 0.3) is 11.3 Å².